The normalized spacial score (nSPS) is 20.1. The average Bonchev–Trinajstić information content (AvgIpc) is 3.32. The van der Waals surface area contributed by atoms with E-state index in [1.165, 1.54) is 16.5 Å². The first-order valence-corrected chi connectivity index (χ1v) is 8.07. The molecule has 0 N–H and O–H groups in total. The Morgan fingerprint density at radius 2 is 1.81 bits per heavy atom. The van der Waals surface area contributed by atoms with E-state index in [4.69, 9.17) is 0 Å². The van der Waals surface area contributed by atoms with Crippen LogP contribution in [0.1, 0.15) is 37.2 Å². The van der Waals surface area contributed by atoms with Crippen LogP contribution in [0, 0.1) is 5.92 Å². The molecule has 1 saturated carbocycles. The van der Waals surface area contributed by atoms with Gasteiger partial charge in [-0.3, -0.25) is 4.79 Å². The van der Waals surface area contributed by atoms with Crippen molar-refractivity contribution in [2.45, 2.75) is 31.6 Å². The summed E-state index contributed by atoms with van der Waals surface area (Å²) in [6, 6.07) is 8.64. The van der Waals surface area contributed by atoms with E-state index >= 15 is 0 Å². The highest BCUT2D eigenvalue weighted by molar-refractivity contribution is 5.84. The van der Waals surface area contributed by atoms with E-state index in [9.17, 15) is 4.79 Å². The molecule has 1 saturated heterocycles. The van der Waals surface area contributed by atoms with Crippen molar-refractivity contribution in [3.63, 3.8) is 0 Å². The summed E-state index contributed by atoms with van der Waals surface area (Å²) in [6.07, 6.45) is 6.72. The SMILES string of the molecule is Cn1cc(C2CCN(C(=O)C3CC3)CC2)c2ccccc21. The third-order valence-corrected chi connectivity index (χ3v) is 5.10. The molecule has 0 spiro atoms. The lowest BCUT2D eigenvalue weighted by Gasteiger charge is -2.32. The molecule has 2 aliphatic rings. The van der Waals surface area contributed by atoms with Crippen molar-refractivity contribution in [3.8, 4) is 0 Å². The summed E-state index contributed by atoms with van der Waals surface area (Å²) in [5, 5.41) is 1.38. The molecule has 1 aliphatic carbocycles. The second-order valence-corrected chi connectivity index (χ2v) is 6.59. The van der Waals surface area contributed by atoms with Crippen LogP contribution in [-0.2, 0) is 11.8 Å². The summed E-state index contributed by atoms with van der Waals surface area (Å²) in [6.45, 7) is 1.87. The summed E-state index contributed by atoms with van der Waals surface area (Å²) in [5.41, 5.74) is 2.77. The molecule has 0 unspecified atom stereocenters. The van der Waals surface area contributed by atoms with Gasteiger partial charge in [-0.25, -0.2) is 0 Å². The number of hydrogen-bond acceptors (Lipinski definition) is 1. The number of aromatic nitrogens is 1. The fraction of sp³-hybridized carbons (Fsp3) is 0.500. The van der Waals surface area contributed by atoms with E-state index in [2.05, 4.69) is 47.0 Å². The van der Waals surface area contributed by atoms with Crippen LogP contribution in [0.2, 0.25) is 0 Å². The van der Waals surface area contributed by atoms with E-state index in [-0.39, 0.29) is 0 Å². The summed E-state index contributed by atoms with van der Waals surface area (Å²) < 4.78 is 2.23. The minimum absolute atomic E-state index is 0.360. The largest absolute Gasteiger partial charge is 0.350 e. The van der Waals surface area contributed by atoms with Crippen LogP contribution in [0.15, 0.2) is 30.5 Å². The fourth-order valence-corrected chi connectivity index (χ4v) is 3.70. The number of likely N-dealkylation sites (tertiary alicyclic amines) is 1. The van der Waals surface area contributed by atoms with Gasteiger partial charge in [-0.15, -0.1) is 0 Å². The fourth-order valence-electron chi connectivity index (χ4n) is 3.70. The molecule has 0 atom stereocenters. The van der Waals surface area contributed by atoms with Gasteiger partial charge in [0.25, 0.3) is 0 Å². The molecular weight excluding hydrogens is 260 g/mol. The number of carbonyl (C=O) groups excluding carboxylic acids is 1. The van der Waals surface area contributed by atoms with Crippen molar-refractivity contribution in [3.05, 3.63) is 36.0 Å². The average molecular weight is 282 g/mol. The Kier molecular flexibility index (Phi) is 3.02. The van der Waals surface area contributed by atoms with Gasteiger partial charge in [0.05, 0.1) is 0 Å². The molecule has 110 valence electrons. The third kappa shape index (κ3) is 2.25. The molecule has 2 fully saturated rings. The van der Waals surface area contributed by atoms with Crippen molar-refractivity contribution in [1.29, 1.82) is 0 Å². The summed E-state index contributed by atoms with van der Waals surface area (Å²) >= 11 is 0. The second kappa shape index (κ2) is 4.90. The number of nitrogens with zero attached hydrogens (tertiary/aromatic N) is 2. The summed E-state index contributed by atoms with van der Waals surface area (Å²) in [5.74, 6) is 1.37. The first kappa shape index (κ1) is 12.9. The molecule has 2 aromatic rings. The topological polar surface area (TPSA) is 25.2 Å². The van der Waals surface area contributed by atoms with Gasteiger partial charge in [-0.05, 0) is 43.2 Å². The van der Waals surface area contributed by atoms with Crippen LogP contribution in [-0.4, -0.2) is 28.5 Å². The molecule has 1 aromatic carbocycles. The van der Waals surface area contributed by atoms with Gasteiger partial charge in [0.2, 0.25) is 5.91 Å². The predicted molar refractivity (Wildman–Crippen MR) is 84.2 cm³/mol. The Morgan fingerprint density at radius 3 is 2.52 bits per heavy atom. The molecule has 3 nitrogen and oxygen atoms in total. The molecule has 1 aromatic heterocycles. The Hall–Kier alpha value is -1.77. The molecular formula is C18H22N2O. The number of carbonyl (C=O) groups is 1. The van der Waals surface area contributed by atoms with Crippen LogP contribution >= 0.6 is 0 Å². The Balaban J connectivity index is 1.53. The monoisotopic (exact) mass is 282 g/mol. The number of amides is 1. The van der Waals surface area contributed by atoms with E-state index in [0.29, 0.717) is 17.7 Å². The highest BCUT2D eigenvalue weighted by Crippen LogP contribution is 2.36. The first-order chi connectivity index (χ1) is 10.2. The molecule has 3 heteroatoms. The molecule has 0 radical (unpaired) electrons. The lowest BCUT2D eigenvalue weighted by atomic mass is 9.89. The van der Waals surface area contributed by atoms with Crippen molar-refractivity contribution < 1.29 is 4.79 Å². The van der Waals surface area contributed by atoms with Crippen molar-refractivity contribution in [2.75, 3.05) is 13.1 Å². The number of hydrogen-bond donors (Lipinski definition) is 0. The van der Waals surface area contributed by atoms with Gasteiger partial charge in [-0.1, -0.05) is 18.2 Å². The van der Waals surface area contributed by atoms with E-state index in [1.807, 2.05) is 0 Å². The standard InChI is InChI=1S/C18H22N2O/c1-19-12-16(15-4-2-3-5-17(15)19)13-8-10-20(11-9-13)18(21)14-6-7-14/h2-5,12-14H,6-11H2,1H3. The van der Waals surface area contributed by atoms with E-state index in [1.54, 1.807) is 0 Å². The van der Waals surface area contributed by atoms with Gasteiger partial charge >= 0.3 is 0 Å². The Bertz CT molecular complexity index is 676. The quantitative estimate of drug-likeness (QED) is 0.829. The van der Waals surface area contributed by atoms with Gasteiger partial charge in [0, 0.05) is 43.2 Å². The number of aryl methyl sites for hydroxylation is 1. The Labute approximate surface area is 125 Å². The van der Waals surface area contributed by atoms with Crippen LogP contribution in [0.5, 0.6) is 0 Å². The molecule has 1 aliphatic heterocycles. The zero-order valence-electron chi connectivity index (χ0n) is 12.6. The number of rotatable bonds is 2. The van der Waals surface area contributed by atoms with Crippen molar-refractivity contribution in [1.82, 2.24) is 9.47 Å². The maximum Gasteiger partial charge on any atom is 0.225 e. The van der Waals surface area contributed by atoms with Crippen molar-refractivity contribution >= 4 is 16.8 Å². The molecule has 1 amide bonds. The lowest BCUT2D eigenvalue weighted by molar-refractivity contribution is -0.133. The minimum atomic E-state index is 0.360. The van der Waals surface area contributed by atoms with Gasteiger partial charge in [-0.2, -0.15) is 0 Å². The zero-order valence-corrected chi connectivity index (χ0v) is 12.6. The third-order valence-electron chi connectivity index (χ3n) is 5.10. The highest BCUT2D eigenvalue weighted by atomic mass is 16.2. The first-order valence-electron chi connectivity index (χ1n) is 8.07. The second-order valence-electron chi connectivity index (χ2n) is 6.59. The van der Waals surface area contributed by atoms with Gasteiger partial charge in [0.15, 0.2) is 0 Å². The van der Waals surface area contributed by atoms with Crippen molar-refractivity contribution in [2.24, 2.45) is 13.0 Å². The number of piperidine rings is 1. The number of benzene rings is 1. The molecule has 21 heavy (non-hydrogen) atoms. The Morgan fingerprint density at radius 1 is 1.10 bits per heavy atom. The predicted octanol–water partition coefficient (Wildman–Crippen LogP) is 3.29. The summed E-state index contributed by atoms with van der Waals surface area (Å²) in [4.78, 5) is 14.2. The molecule has 4 rings (SSSR count). The van der Waals surface area contributed by atoms with Crippen LogP contribution in [0.4, 0.5) is 0 Å². The molecule has 2 heterocycles. The van der Waals surface area contributed by atoms with E-state index < -0.39 is 0 Å². The zero-order chi connectivity index (χ0) is 14.4. The maximum absolute atomic E-state index is 12.1. The minimum Gasteiger partial charge on any atom is -0.350 e. The smallest absolute Gasteiger partial charge is 0.225 e. The van der Waals surface area contributed by atoms with E-state index in [0.717, 1.165) is 38.8 Å². The number of fused-ring (bicyclic) bond motifs is 1. The lowest BCUT2D eigenvalue weighted by Crippen LogP contribution is -2.38. The van der Waals surface area contributed by atoms with Crippen LogP contribution in [0.3, 0.4) is 0 Å². The van der Waals surface area contributed by atoms with Crippen LogP contribution < -0.4 is 0 Å². The maximum atomic E-state index is 12.1. The number of para-hydroxylation sites is 1. The molecule has 0 bridgehead atoms. The van der Waals surface area contributed by atoms with Gasteiger partial charge < -0.3 is 9.47 Å². The highest BCUT2D eigenvalue weighted by Gasteiger charge is 2.35. The van der Waals surface area contributed by atoms with Crippen LogP contribution in [0.25, 0.3) is 10.9 Å². The summed E-state index contributed by atoms with van der Waals surface area (Å²) in [7, 11) is 2.12. The van der Waals surface area contributed by atoms with Gasteiger partial charge in [0.1, 0.15) is 0 Å².